The molecule has 18 heavy (non-hydrogen) atoms. The standard InChI is InChI=1S/C14H22N2O2/c1-3-18-14(7-4-11(2)5-8-14)13-15-9-6-12(10-17)16-13/h6,9,11,17H,3-5,7-8,10H2,1-2H3. The van der Waals surface area contributed by atoms with E-state index in [4.69, 9.17) is 4.74 Å². The van der Waals surface area contributed by atoms with Gasteiger partial charge in [0.05, 0.1) is 12.3 Å². The van der Waals surface area contributed by atoms with Gasteiger partial charge in [-0.3, -0.25) is 0 Å². The van der Waals surface area contributed by atoms with Crippen LogP contribution >= 0.6 is 0 Å². The molecule has 0 aromatic carbocycles. The fourth-order valence-corrected chi connectivity index (χ4v) is 2.64. The molecule has 0 radical (unpaired) electrons. The van der Waals surface area contributed by atoms with E-state index in [1.54, 1.807) is 12.3 Å². The van der Waals surface area contributed by atoms with Crippen LogP contribution in [0.1, 0.15) is 51.0 Å². The van der Waals surface area contributed by atoms with Crippen molar-refractivity contribution in [1.29, 1.82) is 0 Å². The maximum Gasteiger partial charge on any atom is 0.160 e. The average molecular weight is 250 g/mol. The van der Waals surface area contributed by atoms with E-state index in [-0.39, 0.29) is 12.2 Å². The van der Waals surface area contributed by atoms with Crippen molar-refractivity contribution < 1.29 is 9.84 Å². The Morgan fingerprint density at radius 1 is 1.44 bits per heavy atom. The second kappa shape index (κ2) is 5.76. The molecule has 0 atom stereocenters. The third kappa shape index (κ3) is 2.70. The highest BCUT2D eigenvalue weighted by atomic mass is 16.5. The molecule has 0 unspecified atom stereocenters. The smallest absolute Gasteiger partial charge is 0.160 e. The first-order chi connectivity index (χ1) is 8.70. The largest absolute Gasteiger partial charge is 0.390 e. The molecular formula is C14H22N2O2. The van der Waals surface area contributed by atoms with Gasteiger partial charge in [0.1, 0.15) is 5.60 Å². The Labute approximate surface area is 108 Å². The third-order valence-electron chi connectivity index (χ3n) is 3.79. The summed E-state index contributed by atoms with van der Waals surface area (Å²) in [4.78, 5) is 8.82. The van der Waals surface area contributed by atoms with Gasteiger partial charge < -0.3 is 9.84 Å². The number of hydrogen-bond acceptors (Lipinski definition) is 4. The fourth-order valence-electron chi connectivity index (χ4n) is 2.64. The van der Waals surface area contributed by atoms with Crippen molar-refractivity contribution >= 4 is 0 Å². The first-order valence-corrected chi connectivity index (χ1v) is 6.77. The highest BCUT2D eigenvalue weighted by Gasteiger charge is 2.39. The molecule has 1 aromatic heterocycles. The summed E-state index contributed by atoms with van der Waals surface area (Å²) in [5.74, 6) is 1.49. The molecule has 0 saturated heterocycles. The number of aromatic nitrogens is 2. The minimum Gasteiger partial charge on any atom is -0.390 e. The molecule has 1 aromatic rings. The van der Waals surface area contributed by atoms with Gasteiger partial charge in [0, 0.05) is 12.8 Å². The van der Waals surface area contributed by atoms with Gasteiger partial charge in [-0.15, -0.1) is 0 Å². The van der Waals surface area contributed by atoms with Gasteiger partial charge in [-0.2, -0.15) is 0 Å². The Kier molecular flexibility index (Phi) is 4.30. The second-order valence-electron chi connectivity index (χ2n) is 5.14. The summed E-state index contributed by atoms with van der Waals surface area (Å²) < 4.78 is 6.00. The molecule has 0 amide bonds. The van der Waals surface area contributed by atoms with E-state index in [1.807, 2.05) is 6.92 Å². The molecule has 1 heterocycles. The van der Waals surface area contributed by atoms with E-state index in [0.717, 1.165) is 37.4 Å². The van der Waals surface area contributed by atoms with Crippen molar-refractivity contribution in [1.82, 2.24) is 9.97 Å². The highest BCUT2D eigenvalue weighted by molar-refractivity contribution is 5.09. The Hall–Kier alpha value is -1.00. The van der Waals surface area contributed by atoms with Gasteiger partial charge in [-0.05, 0) is 44.6 Å². The van der Waals surface area contributed by atoms with Crippen LogP contribution < -0.4 is 0 Å². The van der Waals surface area contributed by atoms with Crippen molar-refractivity contribution in [3.63, 3.8) is 0 Å². The molecule has 0 spiro atoms. The highest BCUT2D eigenvalue weighted by Crippen LogP contribution is 2.40. The van der Waals surface area contributed by atoms with Crippen LogP contribution in [-0.2, 0) is 16.9 Å². The maximum atomic E-state index is 9.19. The molecule has 4 nitrogen and oxygen atoms in total. The lowest BCUT2D eigenvalue weighted by atomic mass is 9.79. The molecule has 0 bridgehead atoms. The topological polar surface area (TPSA) is 55.2 Å². The van der Waals surface area contributed by atoms with Crippen molar-refractivity contribution in [2.45, 2.75) is 51.7 Å². The van der Waals surface area contributed by atoms with E-state index >= 15 is 0 Å². The maximum absolute atomic E-state index is 9.19. The minimum atomic E-state index is -0.341. The molecule has 4 heteroatoms. The van der Waals surface area contributed by atoms with E-state index in [0.29, 0.717) is 12.3 Å². The van der Waals surface area contributed by atoms with Gasteiger partial charge in [-0.1, -0.05) is 6.92 Å². The van der Waals surface area contributed by atoms with Crippen molar-refractivity contribution in [2.24, 2.45) is 5.92 Å². The third-order valence-corrected chi connectivity index (χ3v) is 3.79. The predicted molar refractivity (Wildman–Crippen MR) is 68.9 cm³/mol. The van der Waals surface area contributed by atoms with E-state index in [1.165, 1.54) is 0 Å². The van der Waals surface area contributed by atoms with Gasteiger partial charge >= 0.3 is 0 Å². The summed E-state index contributed by atoms with van der Waals surface area (Å²) in [6, 6.07) is 1.74. The summed E-state index contributed by atoms with van der Waals surface area (Å²) in [6.07, 6.45) is 5.94. The normalized spacial score (nSPS) is 28.3. The van der Waals surface area contributed by atoms with E-state index in [2.05, 4.69) is 16.9 Å². The lowest BCUT2D eigenvalue weighted by Gasteiger charge is -2.37. The van der Waals surface area contributed by atoms with Crippen LogP contribution in [-0.4, -0.2) is 21.7 Å². The average Bonchev–Trinajstić information content (AvgIpc) is 2.42. The number of rotatable bonds is 4. The monoisotopic (exact) mass is 250 g/mol. The van der Waals surface area contributed by atoms with E-state index in [9.17, 15) is 5.11 Å². The van der Waals surface area contributed by atoms with Crippen molar-refractivity contribution in [3.05, 3.63) is 23.8 Å². The summed E-state index contributed by atoms with van der Waals surface area (Å²) >= 11 is 0. The first-order valence-electron chi connectivity index (χ1n) is 6.77. The van der Waals surface area contributed by atoms with Crippen LogP contribution in [0.4, 0.5) is 0 Å². The fraction of sp³-hybridized carbons (Fsp3) is 0.714. The van der Waals surface area contributed by atoms with Gasteiger partial charge in [0.15, 0.2) is 5.82 Å². The Bertz CT molecular complexity index is 387. The Balaban J connectivity index is 2.28. The molecule has 0 aliphatic heterocycles. The number of ether oxygens (including phenoxy) is 1. The second-order valence-corrected chi connectivity index (χ2v) is 5.14. The number of hydrogen-bond donors (Lipinski definition) is 1. The lowest BCUT2D eigenvalue weighted by Crippen LogP contribution is -2.36. The summed E-state index contributed by atoms with van der Waals surface area (Å²) in [7, 11) is 0. The SMILES string of the molecule is CCOC1(c2nccc(CO)n2)CCC(C)CC1. The lowest BCUT2D eigenvalue weighted by molar-refractivity contribution is -0.0839. The molecule has 100 valence electrons. The predicted octanol–water partition coefficient (Wildman–Crippen LogP) is 2.41. The Morgan fingerprint density at radius 3 is 2.78 bits per heavy atom. The summed E-state index contributed by atoms with van der Waals surface area (Å²) in [5.41, 5.74) is 0.324. The van der Waals surface area contributed by atoms with Crippen LogP contribution in [0.25, 0.3) is 0 Å². The van der Waals surface area contributed by atoms with Crippen LogP contribution in [0.5, 0.6) is 0 Å². The van der Waals surface area contributed by atoms with Crippen LogP contribution in [0, 0.1) is 5.92 Å². The quantitative estimate of drug-likeness (QED) is 0.891. The van der Waals surface area contributed by atoms with Crippen LogP contribution in [0.3, 0.4) is 0 Å². The molecule has 1 saturated carbocycles. The van der Waals surface area contributed by atoms with E-state index < -0.39 is 0 Å². The zero-order valence-corrected chi connectivity index (χ0v) is 11.2. The number of nitrogens with zero attached hydrogens (tertiary/aromatic N) is 2. The van der Waals surface area contributed by atoms with Crippen LogP contribution in [0.15, 0.2) is 12.3 Å². The van der Waals surface area contributed by atoms with Crippen molar-refractivity contribution in [3.8, 4) is 0 Å². The molecule has 1 N–H and O–H groups in total. The van der Waals surface area contributed by atoms with Gasteiger partial charge in [-0.25, -0.2) is 9.97 Å². The Morgan fingerprint density at radius 2 is 2.17 bits per heavy atom. The zero-order chi connectivity index (χ0) is 13.0. The van der Waals surface area contributed by atoms with Crippen molar-refractivity contribution in [2.75, 3.05) is 6.61 Å². The molecular weight excluding hydrogens is 228 g/mol. The first kappa shape index (κ1) is 13.4. The zero-order valence-electron chi connectivity index (χ0n) is 11.2. The number of aliphatic hydroxyl groups excluding tert-OH is 1. The van der Waals surface area contributed by atoms with Gasteiger partial charge in [0.25, 0.3) is 0 Å². The summed E-state index contributed by atoms with van der Waals surface area (Å²) in [6.45, 7) is 4.91. The van der Waals surface area contributed by atoms with Crippen LogP contribution in [0.2, 0.25) is 0 Å². The summed E-state index contributed by atoms with van der Waals surface area (Å²) in [5, 5.41) is 9.19. The minimum absolute atomic E-state index is 0.0475. The van der Waals surface area contributed by atoms with Gasteiger partial charge in [0.2, 0.25) is 0 Å². The molecule has 1 aliphatic carbocycles. The molecule has 1 aliphatic rings. The molecule has 2 rings (SSSR count). The number of aliphatic hydroxyl groups is 1. The molecule has 1 fully saturated rings.